The number of nitrogens with one attached hydrogen (secondary N) is 12. The molecule has 16 rings (SSSR count). The number of carbonyl (C=O) groups is 6. The maximum absolute atomic E-state index is 13.5. The fraction of sp³-hybridized carbons (Fsp3) is 0.250. The SMILES string of the molecule is O=C(NCCCOc1ccc2ccccc2c1)NCCOc1ccc(OCCNC(=O)NCCCOc2ccc3ccccc3c2)c(-c2cc(-c3cc(OCCNC(=O)NCCCOc4ccc5ccccc5c4)ccc3OCCNC(=O)NCCCOc3ccc4ccccc4c3)cc(-c3cc(OCCNC(=O)NCCCOc4ccc5ccccc5c4)ccc3OCCNC(=O)NCCCOc3ccc4ccccc4c3)c2)c1. The number of hydrogen-bond donors (Lipinski definition) is 12. The van der Waals surface area contributed by atoms with E-state index >= 15 is 0 Å². The largest absolute Gasteiger partial charge is 0.494 e. The fourth-order valence-corrected chi connectivity index (χ4v) is 16.6. The smallest absolute Gasteiger partial charge is 0.314 e. The van der Waals surface area contributed by atoms with Gasteiger partial charge in [0.05, 0.1) is 78.9 Å². The number of urea groups is 6. The summed E-state index contributed by atoms with van der Waals surface area (Å²) in [6.45, 7) is 5.02. The molecule has 0 fully saturated rings. The minimum Gasteiger partial charge on any atom is -0.494 e. The second kappa shape index (κ2) is 56.7. The molecule has 30 nitrogen and oxygen atoms in total. The first-order valence-corrected chi connectivity index (χ1v) is 51.0. The highest BCUT2D eigenvalue weighted by atomic mass is 16.5. The number of ether oxygens (including phenoxy) is 12. The number of benzene rings is 16. The van der Waals surface area contributed by atoms with Crippen LogP contribution < -0.4 is 121 Å². The molecule has 774 valence electrons. The molecule has 0 unspecified atom stereocenters. The molecule has 16 aromatic carbocycles. The van der Waals surface area contributed by atoms with Crippen LogP contribution in [0.4, 0.5) is 28.8 Å². The summed E-state index contributed by atoms with van der Waals surface area (Å²) in [6, 6.07) is 104. The Morgan fingerprint density at radius 1 is 0.147 bits per heavy atom. The molecule has 0 aliphatic heterocycles. The third kappa shape index (κ3) is 33.4. The molecular formula is C120H126N12O18. The second-order valence-corrected chi connectivity index (χ2v) is 35.2. The van der Waals surface area contributed by atoms with E-state index in [1.165, 1.54) is 0 Å². The molecular weight excluding hydrogens is 1900 g/mol. The Hall–Kier alpha value is -17.7. The Bertz CT molecular complexity index is 6500. The zero-order chi connectivity index (χ0) is 103. The summed E-state index contributed by atoms with van der Waals surface area (Å²) in [4.78, 5) is 80.7. The zero-order valence-corrected chi connectivity index (χ0v) is 83.7. The molecule has 0 aliphatic rings. The van der Waals surface area contributed by atoms with Crippen LogP contribution in [-0.2, 0) is 0 Å². The van der Waals surface area contributed by atoms with Crippen LogP contribution in [0, 0.1) is 0 Å². The van der Waals surface area contributed by atoms with E-state index in [-0.39, 0.29) is 78.9 Å². The van der Waals surface area contributed by atoms with Crippen LogP contribution in [0.2, 0.25) is 0 Å². The van der Waals surface area contributed by atoms with Gasteiger partial charge in [0.2, 0.25) is 0 Å². The normalized spacial score (nSPS) is 11.0. The molecule has 0 bridgehead atoms. The number of hydrogen-bond acceptors (Lipinski definition) is 18. The topological polar surface area (TPSA) is 358 Å². The van der Waals surface area contributed by atoms with E-state index in [4.69, 9.17) is 56.8 Å². The second-order valence-electron chi connectivity index (χ2n) is 35.2. The standard InChI is InChI=1S/C120H126N12O18/c133-115(121-49-13-61-139-100-37-31-85-19-1-7-25-91(85)76-100)127-55-67-145-106-43-46-112(148-70-58-130-118(136)124-52-16-64-142-103-40-34-88-22-4-10-28-94(88)79-103)109(82-106)97-73-98(110-83-107(146-68-56-128-116(134)122-50-14-62-140-101-38-32-86-20-2-8-26-92(86)77-101)44-47-113(110)149-71-59-131-119(137)125-53-17-65-143-104-41-35-89-23-5-11-29-95(89)80-104)75-99(74-97)111-84-108(147-69-57-129-117(135)123-51-15-63-141-102-39-33-87-21-3-9-27-93(87)78-102)45-48-114(111)150-72-60-132-120(138)126-54-18-66-144-105-42-36-90-24-6-12-30-96(90)81-105/h1-12,19-48,73-84H,13-18,49-72H2,(H2,121,127,133)(H2,122,128,134)(H2,123,129,135)(H2,124,130,136)(H2,125,131,137)(H2,126,132,138). The van der Waals surface area contributed by atoms with E-state index in [0.29, 0.717) is 185 Å². The molecule has 0 spiro atoms. The van der Waals surface area contributed by atoms with E-state index in [9.17, 15) is 28.8 Å². The summed E-state index contributed by atoms with van der Waals surface area (Å²) in [5, 5.41) is 48.2. The van der Waals surface area contributed by atoms with Crippen molar-refractivity contribution in [1.29, 1.82) is 0 Å². The number of rotatable bonds is 57. The molecule has 150 heavy (non-hydrogen) atoms. The van der Waals surface area contributed by atoms with Crippen molar-refractivity contribution in [3.05, 3.63) is 328 Å². The van der Waals surface area contributed by atoms with E-state index in [2.05, 4.69) is 63.8 Å². The van der Waals surface area contributed by atoms with Crippen molar-refractivity contribution >= 4 is 101 Å². The van der Waals surface area contributed by atoms with Crippen molar-refractivity contribution in [2.24, 2.45) is 0 Å². The van der Waals surface area contributed by atoms with Crippen molar-refractivity contribution in [3.63, 3.8) is 0 Å². The van der Waals surface area contributed by atoms with Gasteiger partial charge in [-0.15, -0.1) is 0 Å². The quantitative estimate of drug-likeness (QED) is 0.0158. The van der Waals surface area contributed by atoms with Gasteiger partial charge in [-0.3, -0.25) is 0 Å². The molecule has 16 aromatic rings. The van der Waals surface area contributed by atoms with Crippen molar-refractivity contribution in [2.45, 2.75) is 38.5 Å². The van der Waals surface area contributed by atoms with E-state index in [1.807, 2.05) is 291 Å². The van der Waals surface area contributed by atoms with Crippen LogP contribution in [0.5, 0.6) is 69.0 Å². The zero-order valence-electron chi connectivity index (χ0n) is 83.7. The number of fused-ring (bicyclic) bond motifs is 6. The predicted octanol–water partition coefficient (Wildman–Crippen LogP) is 20.5. The average Bonchev–Trinajstić information content (AvgIpc) is 0.770. The van der Waals surface area contributed by atoms with Crippen LogP contribution >= 0.6 is 0 Å². The van der Waals surface area contributed by atoms with E-state index in [0.717, 1.165) is 99.1 Å². The molecule has 0 atom stereocenters. The lowest BCUT2D eigenvalue weighted by molar-refractivity contribution is 0.233. The summed E-state index contributed by atoms with van der Waals surface area (Å²) in [6.07, 6.45) is 3.27. The average molecular weight is 2020 g/mol. The molecule has 12 amide bonds. The highest BCUT2D eigenvalue weighted by molar-refractivity contribution is 5.91. The van der Waals surface area contributed by atoms with Gasteiger partial charge >= 0.3 is 36.2 Å². The number of amides is 12. The van der Waals surface area contributed by atoms with Crippen LogP contribution in [-0.4, -0.2) is 194 Å². The lowest BCUT2D eigenvalue weighted by atomic mass is 9.92. The van der Waals surface area contributed by atoms with Crippen LogP contribution in [0.3, 0.4) is 0 Å². The van der Waals surface area contributed by atoms with Crippen LogP contribution in [0.15, 0.2) is 328 Å². The third-order valence-corrected chi connectivity index (χ3v) is 24.2. The van der Waals surface area contributed by atoms with Gasteiger partial charge in [0, 0.05) is 56.0 Å². The Balaban J connectivity index is 0.664. The Labute approximate surface area is 871 Å². The van der Waals surface area contributed by atoms with Crippen molar-refractivity contribution in [3.8, 4) is 102 Å². The monoisotopic (exact) mass is 2020 g/mol. The van der Waals surface area contributed by atoms with Gasteiger partial charge in [-0.05, 0) is 265 Å². The molecule has 30 heteroatoms. The van der Waals surface area contributed by atoms with Crippen molar-refractivity contribution in [2.75, 3.05) is 158 Å². The fourth-order valence-electron chi connectivity index (χ4n) is 16.6. The predicted molar refractivity (Wildman–Crippen MR) is 588 cm³/mol. The molecule has 0 radical (unpaired) electrons. The van der Waals surface area contributed by atoms with Crippen LogP contribution in [0.1, 0.15) is 38.5 Å². The minimum absolute atomic E-state index is 0.00285. The van der Waals surface area contributed by atoms with Gasteiger partial charge in [0.15, 0.2) is 0 Å². The molecule has 12 N–H and O–H groups in total. The third-order valence-electron chi connectivity index (χ3n) is 24.2. The van der Waals surface area contributed by atoms with Gasteiger partial charge in [0.25, 0.3) is 0 Å². The van der Waals surface area contributed by atoms with E-state index < -0.39 is 36.2 Å². The Kier molecular flexibility index (Phi) is 39.7. The molecule has 0 saturated heterocycles. The molecule has 0 aliphatic carbocycles. The lowest BCUT2D eigenvalue weighted by Gasteiger charge is -2.20. The van der Waals surface area contributed by atoms with Gasteiger partial charge < -0.3 is 121 Å². The van der Waals surface area contributed by atoms with Gasteiger partial charge in [0.1, 0.15) is 109 Å². The van der Waals surface area contributed by atoms with Crippen molar-refractivity contribution < 1.29 is 85.6 Å². The molecule has 0 saturated carbocycles. The lowest BCUT2D eigenvalue weighted by Crippen LogP contribution is -2.38. The molecule has 0 heterocycles. The van der Waals surface area contributed by atoms with Gasteiger partial charge in [-0.2, -0.15) is 0 Å². The summed E-state index contributed by atoms with van der Waals surface area (Å²) in [5.74, 6) is 6.74. The first-order chi connectivity index (χ1) is 73.8. The Morgan fingerprint density at radius 3 is 0.493 bits per heavy atom. The maximum atomic E-state index is 13.5. The summed E-state index contributed by atoms with van der Waals surface area (Å²) < 4.78 is 76.2. The summed E-state index contributed by atoms with van der Waals surface area (Å²) >= 11 is 0. The first kappa shape index (κ1) is 105. The maximum Gasteiger partial charge on any atom is 0.314 e. The first-order valence-electron chi connectivity index (χ1n) is 51.0. The molecule has 0 aromatic heterocycles. The highest BCUT2D eigenvalue weighted by Gasteiger charge is 2.22. The highest BCUT2D eigenvalue weighted by Crippen LogP contribution is 2.45. The van der Waals surface area contributed by atoms with E-state index in [1.54, 1.807) is 36.4 Å². The number of carbonyl (C=O) groups excluding carboxylic acids is 6. The van der Waals surface area contributed by atoms with Crippen LogP contribution in [0.25, 0.3) is 98.0 Å². The summed E-state index contributed by atoms with van der Waals surface area (Å²) in [5.41, 5.74) is 3.23. The van der Waals surface area contributed by atoms with Crippen molar-refractivity contribution in [1.82, 2.24) is 63.8 Å². The Morgan fingerprint density at radius 2 is 0.300 bits per heavy atom. The van der Waals surface area contributed by atoms with Gasteiger partial charge in [-0.1, -0.05) is 182 Å². The minimum atomic E-state index is -0.407. The summed E-state index contributed by atoms with van der Waals surface area (Å²) in [7, 11) is 0. The van der Waals surface area contributed by atoms with Gasteiger partial charge in [-0.25, -0.2) is 28.8 Å².